The van der Waals surface area contributed by atoms with Crippen molar-refractivity contribution < 1.29 is 33.3 Å². The van der Waals surface area contributed by atoms with E-state index < -0.39 is 23.5 Å². The summed E-state index contributed by atoms with van der Waals surface area (Å²) in [6, 6.07) is 22.4. The number of fused-ring (bicyclic) bond motifs is 2. The van der Waals surface area contributed by atoms with Gasteiger partial charge >= 0.3 is 6.09 Å². The molecule has 0 radical (unpaired) electrons. The molecule has 2 amide bonds. The van der Waals surface area contributed by atoms with Crippen LogP contribution in [0.1, 0.15) is 43.0 Å². The number of ether oxygens (including phenoxy) is 4. The van der Waals surface area contributed by atoms with Crippen molar-refractivity contribution in [2.45, 2.75) is 39.5 Å². The Labute approximate surface area is 294 Å². The van der Waals surface area contributed by atoms with Crippen LogP contribution in [0.3, 0.4) is 0 Å². The lowest BCUT2D eigenvalue weighted by Crippen LogP contribution is -2.31. The Balaban J connectivity index is 1.36. The Morgan fingerprint density at radius 1 is 0.843 bits per heavy atom. The van der Waals surface area contributed by atoms with Gasteiger partial charge in [-0.15, -0.1) is 0 Å². The smallest absolute Gasteiger partial charge is 0.419 e. The molecule has 0 fully saturated rings. The number of H-pyrrole nitrogens is 1. The summed E-state index contributed by atoms with van der Waals surface area (Å²) in [5.41, 5.74) is 3.29. The van der Waals surface area contributed by atoms with Gasteiger partial charge < -0.3 is 23.9 Å². The number of nitrogens with zero attached hydrogens (tertiary/aromatic N) is 3. The number of nitrogens with one attached hydrogen (secondary N) is 1. The number of hydrogen-bond acceptors (Lipinski definition) is 8. The Bertz CT molecular complexity index is 2350. The molecule has 1 N–H and O–H groups in total. The summed E-state index contributed by atoms with van der Waals surface area (Å²) in [6.07, 6.45) is 5.74. The van der Waals surface area contributed by atoms with E-state index in [1.807, 2.05) is 48.5 Å². The van der Waals surface area contributed by atoms with Crippen molar-refractivity contribution in [3.63, 3.8) is 0 Å². The second kappa shape index (κ2) is 13.2. The number of rotatable bonds is 9. The number of aromatic nitrogens is 3. The normalized spacial score (nSPS) is 13.4. The van der Waals surface area contributed by atoms with Crippen molar-refractivity contribution in [3.8, 4) is 17.2 Å². The molecule has 0 spiro atoms. The van der Waals surface area contributed by atoms with Gasteiger partial charge in [-0.2, -0.15) is 0 Å². The number of amides is 2. The SMILES string of the molecule is COc1ccc(CN2C(=O)C(c3c[nH]c4cc(OCc5ccccc5)ccc34)=C(c3cn(C(=O)OC(C)(C)C)c4cnccc34)C2=O)c(OC)c1. The molecule has 11 heteroatoms. The lowest BCUT2D eigenvalue weighted by molar-refractivity contribution is -0.136. The van der Waals surface area contributed by atoms with E-state index in [1.54, 1.807) is 70.7 Å². The molecule has 0 unspecified atom stereocenters. The number of carbonyl (C=O) groups is 3. The van der Waals surface area contributed by atoms with Gasteiger partial charge in [-0.05, 0) is 56.7 Å². The summed E-state index contributed by atoms with van der Waals surface area (Å²) in [5, 5.41) is 1.28. The third-order valence-corrected chi connectivity index (χ3v) is 8.63. The zero-order valence-corrected chi connectivity index (χ0v) is 28.9. The zero-order valence-electron chi connectivity index (χ0n) is 28.9. The first-order chi connectivity index (χ1) is 24.6. The number of methoxy groups -OCH3 is 2. The van der Waals surface area contributed by atoms with Crippen molar-refractivity contribution >= 4 is 50.9 Å². The van der Waals surface area contributed by atoms with E-state index in [4.69, 9.17) is 18.9 Å². The first kappa shape index (κ1) is 33.2. The zero-order chi connectivity index (χ0) is 35.9. The monoisotopic (exact) mass is 684 g/mol. The number of carbonyl (C=O) groups excluding carboxylic acids is 3. The third-order valence-electron chi connectivity index (χ3n) is 8.63. The van der Waals surface area contributed by atoms with E-state index in [9.17, 15) is 14.4 Å². The Morgan fingerprint density at radius 2 is 1.59 bits per heavy atom. The highest BCUT2D eigenvalue weighted by Gasteiger charge is 2.42. The summed E-state index contributed by atoms with van der Waals surface area (Å²) < 4.78 is 24.0. The van der Waals surface area contributed by atoms with Crippen molar-refractivity contribution in [3.05, 3.63) is 120 Å². The second-order valence-corrected chi connectivity index (χ2v) is 13.1. The van der Waals surface area contributed by atoms with Crippen LogP contribution in [0.2, 0.25) is 0 Å². The van der Waals surface area contributed by atoms with Gasteiger partial charge in [-0.25, -0.2) is 4.79 Å². The number of benzene rings is 3. The quantitative estimate of drug-likeness (QED) is 0.157. The lowest BCUT2D eigenvalue weighted by Gasteiger charge is -2.19. The van der Waals surface area contributed by atoms with Crippen LogP contribution < -0.4 is 14.2 Å². The van der Waals surface area contributed by atoms with E-state index in [0.717, 1.165) is 16.5 Å². The van der Waals surface area contributed by atoms with Gasteiger partial charge in [0.2, 0.25) is 0 Å². The standard InChI is InChI=1S/C40H36N4O7/c1-40(2,3)51-39(47)43-22-31(29-15-16-41-20-33(29)43)36-35(37(45)44(38(36)46)21-25-11-12-26(48-4)18-34(25)49-5)30-19-42-32-17-27(13-14-28(30)32)50-23-24-9-7-6-8-10-24/h6-20,22,42H,21,23H2,1-5H3. The fraction of sp³-hybridized carbons (Fsp3) is 0.200. The Hall–Kier alpha value is -6.36. The fourth-order valence-electron chi connectivity index (χ4n) is 6.25. The number of aromatic amines is 1. The highest BCUT2D eigenvalue weighted by molar-refractivity contribution is 6.50. The van der Waals surface area contributed by atoms with Crippen molar-refractivity contribution in [2.24, 2.45) is 0 Å². The van der Waals surface area contributed by atoms with Crippen LogP contribution in [0.15, 0.2) is 97.6 Å². The molecule has 258 valence electrons. The Kier molecular flexibility index (Phi) is 8.56. The third kappa shape index (κ3) is 6.29. The first-order valence-corrected chi connectivity index (χ1v) is 16.3. The van der Waals surface area contributed by atoms with Gasteiger partial charge in [-0.1, -0.05) is 30.3 Å². The minimum atomic E-state index is -0.776. The number of imide groups is 1. The molecule has 7 rings (SSSR count). The van der Waals surface area contributed by atoms with Gasteiger partial charge in [0.05, 0.1) is 43.6 Å². The predicted octanol–water partition coefficient (Wildman–Crippen LogP) is 7.38. The molecule has 3 aromatic carbocycles. The molecule has 0 atom stereocenters. The summed E-state index contributed by atoms with van der Waals surface area (Å²) in [6.45, 7) is 5.65. The van der Waals surface area contributed by atoms with E-state index in [0.29, 0.717) is 51.4 Å². The van der Waals surface area contributed by atoms with E-state index >= 15 is 0 Å². The molecule has 11 nitrogen and oxygen atoms in total. The van der Waals surface area contributed by atoms with Gasteiger partial charge in [-0.3, -0.25) is 24.0 Å². The van der Waals surface area contributed by atoms with Gasteiger partial charge in [0, 0.05) is 63.7 Å². The fourth-order valence-corrected chi connectivity index (χ4v) is 6.25. The van der Waals surface area contributed by atoms with Crippen LogP contribution in [0.25, 0.3) is 33.0 Å². The molecular formula is C40H36N4O7. The van der Waals surface area contributed by atoms with Crippen LogP contribution in [0, 0.1) is 0 Å². The molecular weight excluding hydrogens is 648 g/mol. The maximum atomic E-state index is 14.6. The van der Waals surface area contributed by atoms with Crippen LogP contribution in [0.4, 0.5) is 4.79 Å². The minimum absolute atomic E-state index is 0.0655. The molecule has 4 heterocycles. The molecule has 51 heavy (non-hydrogen) atoms. The summed E-state index contributed by atoms with van der Waals surface area (Å²) >= 11 is 0. The van der Waals surface area contributed by atoms with Crippen LogP contribution >= 0.6 is 0 Å². The molecule has 0 bridgehead atoms. The lowest BCUT2D eigenvalue weighted by atomic mass is 9.96. The van der Waals surface area contributed by atoms with Crippen LogP contribution in [-0.4, -0.2) is 57.2 Å². The average molecular weight is 685 g/mol. The topological polar surface area (TPSA) is 125 Å². The van der Waals surface area contributed by atoms with E-state index in [2.05, 4.69) is 9.97 Å². The molecule has 1 aliphatic rings. The van der Waals surface area contributed by atoms with E-state index in [-0.39, 0.29) is 17.7 Å². The van der Waals surface area contributed by atoms with Crippen LogP contribution in [-0.2, 0) is 27.5 Å². The number of pyridine rings is 1. The molecule has 0 saturated heterocycles. The van der Waals surface area contributed by atoms with Gasteiger partial charge in [0.1, 0.15) is 29.5 Å². The predicted molar refractivity (Wildman–Crippen MR) is 192 cm³/mol. The molecule has 6 aromatic rings. The van der Waals surface area contributed by atoms with E-state index in [1.165, 1.54) is 22.8 Å². The average Bonchev–Trinajstić information content (AvgIpc) is 3.79. The maximum Gasteiger partial charge on any atom is 0.419 e. The summed E-state index contributed by atoms with van der Waals surface area (Å²) in [5.74, 6) is 0.663. The van der Waals surface area contributed by atoms with Gasteiger partial charge in [0.15, 0.2) is 0 Å². The van der Waals surface area contributed by atoms with Crippen LogP contribution in [0.5, 0.6) is 17.2 Å². The van der Waals surface area contributed by atoms with Crippen molar-refractivity contribution in [1.82, 2.24) is 19.4 Å². The summed E-state index contributed by atoms with van der Waals surface area (Å²) in [4.78, 5) is 51.3. The largest absolute Gasteiger partial charge is 0.497 e. The highest BCUT2D eigenvalue weighted by Crippen LogP contribution is 2.43. The molecule has 3 aromatic heterocycles. The maximum absolute atomic E-state index is 14.6. The molecule has 1 aliphatic heterocycles. The molecule has 0 aliphatic carbocycles. The number of hydrogen-bond donors (Lipinski definition) is 1. The summed E-state index contributed by atoms with van der Waals surface area (Å²) in [7, 11) is 3.07. The minimum Gasteiger partial charge on any atom is -0.497 e. The first-order valence-electron chi connectivity index (χ1n) is 16.3. The van der Waals surface area contributed by atoms with Crippen molar-refractivity contribution in [2.75, 3.05) is 14.2 Å². The van der Waals surface area contributed by atoms with Gasteiger partial charge in [0.25, 0.3) is 11.8 Å². The highest BCUT2D eigenvalue weighted by atomic mass is 16.6. The second-order valence-electron chi connectivity index (χ2n) is 13.1. The Morgan fingerprint density at radius 3 is 2.31 bits per heavy atom. The van der Waals surface area contributed by atoms with Crippen molar-refractivity contribution in [1.29, 1.82) is 0 Å². The molecule has 0 saturated carbocycles.